The van der Waals surface area contributed by atoms with Crippen molar-refractivity contribution >= 4 is 10.0 Å². The topological polar surface area (TPSA) is 89.0 Å². The molecule has 0 atom stereocenters. The van der Waals surface area contributed by atoms with Crippen molar-refractivity contribution in [1.29, 1.82) is 0 Å². The molecule has 0 bridgehead atoms. The van der Waals surface area contributed by atoms with Gasteiger partial charge in [-0.3, -0.25) is 4.90 Å². The van der Waals surface area contributed by atoms with Crippen LogP contribution in [-0.2, 0) is 14.8 Å². The Balaban J connectivity index is 1.70. The minimum Gasteiger partial charge on any atom is -0.440 e. The van der Waals surface area contributed by atoms with E-state index in [-0.39, 0.29) is 5.09 Å². The molecule has 3 rings (SSSR count). The lowest BCUT2D eigenvalue weighted by molar-refractivity contribution is 0.0364. The van der Waals surface area contributed by atoms with Crippen molar-refractivity contribution in [3.05, 3.63) is 24.4 Å². The fraction of sp³-hybridized carbons (Fsp3) is 0.533. The first kappa shape index (κ1) is 17.2. The maximum Gasteiger partial charge on any atom is 0.276 e. The van der Waals surface area contributed by atoms with E-state index in [0.29, 0.717) is 44.4 Å². The van der Waals surface area contributed by atoms with Gasteiger partial charge in [0.1, 0.15) is 0 Å². The van der Waals surface area contributed by atoms with Gasteiger partial charge in [-0.1, -0.05) is 12.1 Å². The summed E-state index contributed by atoms with van der Waals surface area (Å²) in [5, 5.41) is 3.51. The van der Waals surface area contributed by atoms with E-state index in [9.17, 15) is 8.42 Å². The Bertz CT molecular complexity index is 735. The van der Waals surface area contributed by atoms with Gasteiger partial charge in [0.25, 0.3) is 10.0 Å². The van der Waals surface area contributed by atoms with Crippen molar-refractivity contribution in [3.63, 3.8) is 0 Å². The molecule has 9 heteroatoms. The summed E-state index contributed by atoms with van der Waals surface area (Å²) in [4.78, 5) is 2.20. The zero-order chi connectivity index (χ0) is 17.0. The number of likely N-dealkylation sites (N-methyl/N-ethyl adjacent to an activating group) is 1. The SMILES string of the molecule is CCN(CCN1CCOCC1)S(=O)(=O)c1ccc(-c2ccno2)o1. The molecule has 1 saturated heterocycles. The number of rotatable bonds is 7. The van der Waals surface area contributed by atoms with Crippen molar-refractivity contribution in [2.45, 2.75) is 12.0 Å². The second-order valence-electron chi connectivity index (χ2n) is 5.45. The van der Waals surface area contributed by atoms with Crippen molar-refractivity contribution in [3.8, 4) is 11.5 Å². The van der Waals surface area contributed by atoms with Crippen LogP contribution in [0.25, 0.3) is 11.5 Å². The molecule has 0 spiro atoms. The molecule has 0 unspecified atom stereocenters. The number of nitrogens with zero attached hydrogens (tertiary/aromatic N) is 3. The van der Waals surface area contributed by atoms with Gasteiger partial charge < -0.3 is 13.7 Å². The average molecular weight is 355 g/mol. The summed E-state index contributed by atoms with van der Waals surface area (Å²) < 4.78 is 42.7. The van der Waals surface area contributed by atoms with Gasteiger partial charge in [-0.15, -0.1) is 0 Å². The van der Waals surface area contributed by atoms with Crippen LogP contribution in [0.15, 0.2) is 38.4 Å². The molecular formula is C15H21N3O5S. The highest BCUT2D eigenvalue weighted by Crippen LogP contribution is 2.26. The summed E-state index contributed by atoms with van der Waals surface area (Å²) in [6.45, 7) is 6.32. The fourth-order valence-electron chi connectivity index (χ4n) is 2.59. The first-order valence-electron chi connectivity index (χ1n) is 7.92. The van der Waals surface area contributed by atoms with Crippen LogP contribution < -0.4 is 0 Å². The lowest BCUT2D eigenvalue weighted by Gasteiger charge is -2.28. The molecule has 2 aromatic heterocycles. The van der Waals surface area contributed by atoms with Crippen molar-refractivity contribution < 1.29 is 22.1 Å². The Morgan fingerprint density at radius 1 is 1.21 bits per heavy atom. The number of ether oxygens (including phenoxy) is 1. The second-order valence-corrected chi connectivity index (χ2v) is 7.31. The molecule has 0 aromatic carbocycles. The van der Waals surface area contributed by atoms with Gasteiger partial charge in [-0.05, 0) is 12.1 Å². The molecule has 0 N–H and O–H groups in total. The number of aromatic nitrogens is 1. The Morgan fingerprint density at radius 2 is 2.00 bits per heavy atom. The fourth-order valence-corrected chi connectivity index (χ4v) is 3.94. The van der Waals surface area contributed by atoms with E-state index >= 15 is 0 Å². The summed E-state index contributed by atoms with van der Waals surface area (Å²) >= 11 is 0. The second kappa shape index (κ2) is 7.47. The number of hydrogen-bond acceptors (Lipinski definition) is 7. The van der Waals surface area contributed by atoms with Crippen molar-refractivity contribution in [2.75, 3.05) is 45.9 Å². The Hall–Kier alpha value is -1.68. The van der Waals surface area contributed by atoms with Crippen LogP contribution in [0.4, 0.5) is 0 Å². The van der Waals surface area contributed by atoms with Gasteiger partial charge in [-0.2, -0.15) is 4.31 Å². The predicted octanol–water partition coefficient (Wildman–Crippen LogP) is 1.28. The van der Waals surface area contributed by atoms with Gasteiger partial charge in [0, 0.05) is 38.8 Å². The summed E-state index contributed by atoms with van der Waals surface area (Å²) in [5.74, 6) is 0.739. The Labute approximate surface area is 141 Å². The number of hydrogen-bond donors (Lipinski definition) is 0. The maximum absolute atomic E-state index is 12.8. The standard InChI is InChI=1S/C15H21N3O5S/c1-2-18(8-7-17-9-11-21-12-10-17)24(19,20)15-4-3-13(22-15)14-5-6-16-23-14/h3-6H,2,7-12H2,1H3. The molecule has 1 fully saturated rings. The predicted molar refractivity (Wildman–Crippen MR) is 85.9 cm³/mol. The van der Waals surface area contributed by atoms with Crippen LogP contribution in [0.1, 0.15) is 6.92 Å². The molecule has 0 amide bonds. The van der Waals surface area contributed by atoms with Gasteiger partial charge in [0.15, 0.2) is 5.76 Å². The van der Waals surface area contributed by atoms with E-state index in [1.165, 1.54) is 16.6 Å². The molecule has 132 valence electrons. The molecule has 2 aromatic rings. The molecule has 1 aliphatic rings. The summed E-state index contributed by atoms with van der Waals surface area (Å²) in [5.41, 5.74) is 0. The number of morpholine rings is 1. The third-order valence-corrected chi connectivity index (χ3v) is 5.83. The highest BCUT2D eigenvalue weighted by atomic mass is 32.2. The van der Waals surface area contributed by atoms with Gasteiger partial charge in [-0.25, -0.2) is 8.42 Å². The zero-order valence-electron chi connectivity index (χ0n) is 13.6. The third-order valence-electron chi connectivity index (χ3n) is 3.98. The minimum absolute atomic E-state index is 0.0854. The molecule has 1 aliphatic heterocycles. The monoisotopic (exact) mass is 355 g/mol. The van der Waals surface area contributed by atoms with Crippen LogP contribution in [0.2, 0.25) is 0 Å². The van der Waals surface area contributed by atoms with E-state index in [2.05, 4.69) is 10.1 Å². The van der Waals surface area contributed by atoms with E-state index < -0.39 is 10.0 Å². The van der Waals surface area contributed by atoms with E-state index in [1.54, 1.807) is 12.1 Å². The number of furan rings is 1. The van der Waals surface area contributed by atoms with E-state index in [1.807, 2.05) is 6.92 Å². The lowest BCUT2D eigenvalue weighted by Crippen LogP contribution is -2.42. The molecule has 24 heavy (non-hydrogen) atoms. The third kappa shape index (κ3) is 3.69. The molecule has 0 saturated carbocycles. The molecule has 0 aliphatic carbocycles. The molecular weight excluding hydrogens is 334 g/mol. The van der Waals surface area contributed by atoms with Gasteiger partial charge in [0.05, 0.1) is 19.4 Å². The first-order chi connectivity index (χ1) is 11.6. The lowest BCUT2D eigenvalue weighted by atomic mass is 10.4. The van der Waals surface area contributed by atoms with E-state index in [0.717, 1.165) is 13.1 Å². The normalized spacial score (nSPS) is 16.8. The highest BCUT2D eigenvalue weighted by molar-refractivity contribution is 7.89. The van der Waals surface area contributed by atoms with Crippen LogP contribution in [0.5, 0.6) is 0 Å². The zero-order valence-corrected chi connectivity index (χ0v) is 14.4. The Morgan fingerprint density at radius 3 is 2.67 bits per heavy atom. The van der Waals surface area contributed by atoms with Crippen molar-refractivity contribution in [2.24, 2.45) is 0 Å². The van der Waals surface area contributed by atoms with Crippen LogP contribution in [-0.4, -0.2) is 68.7 Å². The average Bonchev–Trinajstić information content (AvgIpc) is 3.27. The van der Waals surface area contributed by atoms with Crippen molar-refractivity contribution in [1.82, 2.24) is 14.4 Å². The summed E-state index contributed by atoms with van der Waals surface area (Å²) in [6, 6.07) is 4.64. The molecule has 0 radical (unpaired) electrons. The van der Waals surface area contributed by atoms with E-state index in [4.69, 9.17) is 13.7 Å². The summed E-state index contributed by atoms with van der Waals surface area (Å²) in [7, 11) is -3.68. The van der Waals surface area contributed by atoms with Gasteiger partial charge >= 0.3 is 0 Å². The first-order valence-corrected chi connectivity index (χ1v) is 9.36. The molecule has 3 heterocycles. The number of sulfonamides is 1. The molecule has 8 nitrogen and oxygen atoms in total. The highest BCUT2D eigenvalue weighted by Gasteiger charge is 2.27. The maximum atomic E-state index is 12.8. The quantitative estimate of drug-likeness (QED) is 0.739. The smallest absolute Gasteiger partial charge is 0.276 e. The minimum atomic E-state index is -3.68. The largest absolute Gasteiger partial charge is 0.440 e. The summed E-state index contributed by atoms with van der Waals surface area (Å²) in [6.07, 6.45) is 1.48. The van der Waals surface area contributed by atoms with Gasteiger partial charge in [0.2, 0.25) is 10.9 Å². The van der Waals surface area contributed by atoms with Crippen LogP contribution in [0.3, 0.4) is 0 Å². The van der Waals surface area contributed by atoms with Crippen LogP contribution >= 0.6 is 0 Å². The van der Waals surface area contributed by atoms with Crippen LogP contribution in [0, 0.1) is 0 Å². The Kier molecular flexibility index (Phi) is 5.34.